The Bertz CT molecular complexity index is 432. The summed E-state index contributed by atoms with van der Waals surface area (Å²) in [7, 11) is 0. The minimum atomic E-state index is -0.415. The average molecular weight is 286 g/mol. The molecule has 0 bridgehead atoms. The SMILES string of the molecule is CC1(Nc2c(Br)cncc2[N+](=O)[O-])CCC1. The largest absolute Gasteiger partial charge is 0.373 e. The van der Waals surface area contributed by atoms with Gasteiger partial charge in [0.2, 0.25) is 0 Å². The zero-order valence-corrected chi connectivity index (χ0v) is 10.5. The minimum Gasteiger partial charge on any atom is -0.373 e. The van der Waals surface area contributed by atoms with Gasteiger partial charge < -0.3 is 5.32 Å². The normalized spacial score (nSPS) is 17.6. The second-order valence-electron chi connectivity index (χ2n) is 4.31. The predicted molar refractivity (Wildman–Crippen MR) is 64.5 cm³/mol. The fourth-order valence-electron chi connectivity index (χ4n) is 1.82. The number of nitrogens with zero attached hydrogens (tertiary/aromatic N) is 2. The minimum absolute atomic E-state index is 0.0162. The van der Waals surface area contributed by atoms with Crippen LogP contribution in [0.2, 0.25) is 0 Å². The van der Waals surface area contributed by atoms with Gasteiger partial charge in [-0.1, -0.05) is 0 Å². The van der Waals surface area contributed by atoms with Crippen LogP contribution in [0.15, 0.2) is 16.9 Å². The molecule has 6 heteroatoms. The first-order chi connectivity index (χ1) is 7.52. The van der Waals surface area contributed by atoms with E-state index in [-0.39, 0.29) is 11.2 Å². The third-order valence-corrected chi connectivity index (χ3v) is 3.56. The monoisotopic (exact) mass is 285 g/mol. The summed E-state index contributed by atoms with van der Waals surface area (Å²) in [5, 5.41) is 14.1. The van der Waals surface area contributed by atoms with Gasteiger partial charge in [0.1, 0.15) is 11.9 Å². The molecule has 86 valence electrons. The smallest absolute Gasteiger partial charge is 0.311 e. The molecule has 0 radical (unpaired) electrons. The fraction of sp³-hybridized carbons (Fsp3) is 0.500. The summed E-state index contributed by atoms with van der Waals surface area (Å²) in [4.78, 5) is 14.3. The number of aromatic nitrogens is 1. The number of pyridine rings is 1. The van der Waals surface area contributed by atoms with E-state index >= 15 is 0 Å². The van der Waals surface area contributed by atoms with E-state index < -0.39 is 4.92 Å². The first-order valence-corrected chi connectivity index (χ1v) is 5.87. The molecule has 16 heavy (non-hydrogen) atoms. The van der Waals surface area contributed by atoms with Crippen LogP contribution in [0.4, 0.5) is 11.4 Å². The lowest BCUT2D eigenvalue weighted by Crippen LogP contribution is -2.41. The first kappa shape index (κ1) is 11.3. The van der Waals surface area contributed by atoms with E-state index in [0.29, 0.717) is 10.2 Å². The molecule has 1 saturated carbocycles. The maximum atomic E-state index is 10.9. The molecule has 0 amide bonds. The van der Waals surface area contributed by atoms with Crippen molar-refractivity contribution in [2.24, 2.45) is 0 Å². The van der Waals surface area contributed by atoms with Crippen LogP contribution in [0.3, 0.4) is 0 Å². The third-order valence-electron chi connectivity index (χ3n) is 2.96. The van der Waals surface area contributed by atoms with Crippen LogP contribution >= 0.6 is 15.9 Å². The van der Waals surface area contributed by atoms with Gasteiger partial charge in [0, 0.05) is 11.7 Å². The van der Waals surface area contributed by atoms with Crippen molar-refractivity contribution in [2.75, 3.05) is 5.32 Å². The van der Waals surface area contributed by atoms with E-state index in [2.05, 4.69) is 33.2 Å². The number of anilines is 1. The summed E-state index contributed by atoms with van der Waals surface area (Å²) in [6.45, 7) is 2.08. The lowest BCUT2D eigenvalue weighted by atomic mass is 9.78. The second kappa shape index (κ2) is 4.01. The Hall–Kier alpha value is -1.17. The van der Waals surface area contributed by atoms with Crippen molar-refractivity contribution in [1.29, 1.82) is 0 Å². The van der Waals surface area contributed by atoms with Crippen molar-refractivity contribution in [3.8, 4) is 0 Å². The third kappa shape index (κ3) is 2.02. The highest BCUT2D eigenvalue weighted by Crippen LogP contribution is 2.39. The zero-order chi connectivity index (χ0) is 11.8. The zero-order valence-electron chi connectivity index (χ0n) is 8.86. The number of hydrogen-bond donors (Lipinski definition) is 1. The van der Waals surface area contributed by atoms with E-state index in [1.54, 1.807) is 6.20 Å². The van der Waals surface area contributed by atoms with Crippen LogP contribution in [0, 0.1) is 10.1 Å². The molecule has 0 saturated heterocycles. The molecule has 5 nitrogen and oxygen atoms in total. The maximum absolute atomic E-state index is 10.9. The van der Waals surface area contributed by atoms with Crippen LogP contribution in [-0.4, -0.2) is 15.4 Å². The molecule has 1 aliphatic carbocycles. The highest BCUT2D eigenvalue weighted by molar-refractivity contribution is 9.10. The average Bonchev–Trinajstić information content (AvgIpc) is 2.18. The maximum Gasteiger partial charge on any atom is 0.311 e. The van der Waals surface area contributed by atoms with Crippen LogP contribution in [0.25, 0.3) is 0 Å². The first-order valence-electron chi connectivity index (χ1n) is 5.08. The van der Waals surface area contributed by atoms with Gasteiger partial charge in [0.05, 0.1) is 9.40 Å². The topological polar surface area (TPSA) is 68.1 Å². The lowest BCUT2D eigenvalue weighted by molar-refractivity contribution is -0.384. The Morgan fingerprint density at radius 1 is 1.56 bits per heavy atom. The molecular formula is C10H12BrN3O2. The molecule has 0 unspecified atom stereocenters. The quantitative estimate of drug-likeness (QED) is 0.684. The number of hydrogen-bond acceptors (Lipinski definition) is 4. The van der Waals surface area contributed by atoms with Gasteiger partial charge in [-0.3, -0.25) is 15.1 Å². The van der Waals surface area contributed by atoms with Crippen LogP contribution in [-0.2, 0) is 0 Å². The van der Waals surface area contributed by atoms with E-state index in [1.807, 2.05) is 0 Å². The molecule has 1 N–H and O–H groups in total. The Morgan fingerprint density at radius 3 is 2.75 bits per heavy atom. The van der Waals surface area contributed by atoms with Crippen LogP contribution in [0.1, 0.15) is 26.2 Å². The lowest BCUT2D eigenvalue weighted by Gasteiger charge is -2.40. The number of rotatable bonds is 3. The molecular weight excluding hydrogens is 274 g/mol. The number of halogens is 1. The van der Waals surface area contributed by atoms with Crippen molar-refractivity contribution in [2.45, 2.75) is 31.7 Å². The Labute approximate surface area is 102 Å². The second-order valence-corrected chi connectivity index (χ2v) is 5.17. The fourth-order valence-corrected chi connectivity index (χ4v) is 2.24. The highest BCUT2D eigenvalue weighted by Gasteiger charge is 2.34. The van der Waals surface area contributed by atoms with Gasteiger partial charge in [-0.25, -0.2) is 0 Å². The van der Waals surface area contributed by atoms with Gasteiger partial charge in [-0.05, 0) is 42.1 Å². The van der Waals surface area contributed by atoms with Gasteiger partial charge in [0.25, 0.3) is 0 Å². The van der Waals surface area contributed by atoms with Crippen molar-refractivity contribution >= 4 is 27.3 Å². The van der Waals surface area contributed by atoms with Crippen LogP contribution in [0.5, 0.6) is 0 Å². The Kier molecular flexibility index (Phi) is 2.84. The predicted octanol–water partition coefficient (Wildman–Crippen LogP) is 3.11. The van der Waals surface area contributed by atoms with Crippen LogP contribution < -0.4 is 5.32 Å². The number of nitro groups is 1. The Morgan fingerprint density at radius 2 is 2.25 bits per heavy atom. The van der Waals surface area contributed by atoms with Crippen molar-refractivity contribution in [1.82, 2.24) is 4.98 Å². The van der Waals surface area contributed by atoms with E-state index in [1.165, 1.54) is 12.6 Å². The van der Waals surface area contributed by atoms with Gasteiger partial charge in [0.15, 0.2) is 0 Å². The summed E-state index contributed by atoms with van der Waals surface area (Å²) in [5.74, 6) is 0. The summed E-state index contributed by atoms with van der Waals surface area (Å²) >= 11 is 3.29. The molecule has 0 spiro atoms. The summed E-state index contributed by atoms with van der Waals surface area (Å²) in [6.07, 6.45) is 6.09. The molecule has 1 aromatic rings. The molecule has 0 aromatic carbocycles. The van der Waals surface area contributed by atoms with Crippen molar-refractivity contribution < 1.29 is 4.92 Å². The summed E-state index contributed by atoms with van der Waals surface area (Å²) in [5.41, 5.74) is 0.527. The Balaban J connectivity index is 2.34. The number of nitrogens with one attached hydrogen (secondary N) is 1. The standard InChI is InChI=1S/C10H12BrN3O2/c1-10(3-2-4-10)13-9-7(11)5-12-6-8(9)14(15)16/h5-6H,2-4H2,1H3,(H,12,13). The van der Waals surface area contributed by atoms with Gasteiger partial charge in [-0.15, -0.1) is 0 Å². The van der Waals surface area contributed by atoms with Gasteiger partial charge >= 0.3 is 5.69 Å². The van der Waals surface area contributed by atoms with Gasteiger partial charge in [-0.2, -0.15) is 0 Å². The van der Waals surface area contributed by atoms with E-state index in [0.717, 1.165) is 12.8 Å². The van der Waals surface area contributed by atoms with Crippen molar-refractivity contribution in [3.05, 3.63) is 27.0 Å². The molecule has 0 aliphatic heterocycles. The molecule has 1 fully saturated rings. The molecule has 1 heterocycles. The van der Waals surface area contributed by atoms with Crippen molar-refractivity contribution in [3.63, 3.8) is 0 Å². The molecule has 0 atom stereocenters. The van der Waals surface area contributed by atoms with E-state index in [9.17, 15) is 10.1 Å². The van der Waals surface area contributed by atoms with E-state index in [4.69, 9.17) is 0 Å². The summed E-state index contributed by atoms with van der Waals surface area (Å²) < 4.78 is 0.634. The molecule has 1 aliphatic rings. The molecule has 2 rings (SSSR count). The highest BCUT2D eigenvalue weighted by atomic mass is 79.9. The summed E-state index contributed by atoms with van der Waals surface area (Å²) in [6, 6.07) is 0. The molecule has 1 aromatic heterocycles.